The number of aryl methyl sites for hydroxylation is 1. The molecule has 1 aromatic carbocycles. The molecule has 1 aliphatic rings. The number of amides is 1. The van der Waals surface area contributed by atoms with Gasteiger partial charge in [-0.15, -0.1) is 0 Å². The molecule has 1 amide bonds. The number of hydrogen-bond acceptors (Lipinski definition) is 5. The molecule has 0 fully saturated rings. The normalized spacial score (nSPS) is 13.6. The first-order chi connectivity index (χ1) is 12.3. The van der Waals surface area contributed by atoms with E-state index in [0.29, 0.717) is 31.0 Å². The lowest BCUT2D eigenvalue weighted by molar-refractivity contribution is 0.0723. The average Bonchev–Trinajstić information content (AvgIpc) is 3.32. The van der Waals surface area contributed by atoms with Crippen molar-refractivity contribution >= 4 is 17.4 Å². The highest BCUT2D eigenvalue weighted by atomic mass is 16.5. The van der Waals surface area contributed by atoms with E-state index in [2.05, 4.69) is 33.7 Å². The molecule has 3 aromatic rings. The molecule has 2 aromatic heterocycles. The maximum Gasteiger partial charge on any atom is 0.272 e. The molecule has 7 nitrogen and oxygen atoms in total. The molecule has 0 unspecified atom stereocenters. The van der Waals surface area contributed by atoms with Crippen LogP contribution in [0.5, 0.6) is 0 Å². The summed E-state index contributed by atoms with van der Waals surface area (Å²) in [5.41, 5.74) is 3.65. The first-order valence-electron chi connectivity index (χ1n) is 8.37. The van der Waals surface area contributed by atoms with Gasteiger partial charge in [0.15, 0.2) is 5.82 Å². The van der Waals surface area contributed by atoms with Crippen LogP contribution < -0.4 is 5.32 Å². The van der Waals surface area contributed by atoms with E-state index in [9.17, 15) is 4.79 Å². The summed E-state index contributed by atoms with van der Waals surface area (Å²) < 4.78 is 5.48. The molecule has 2 N–H and O–H groups in total. The van der Waals surface area contributed by atoms with Gasteiger partial charge in [-0.25, -0.2) is 0 Å². The van der Waals surface area contributed by atoms with Crippen LogP contribution in [0.25, 0.3) is 0 Å². The number of H-pyrrole nitrogens is 1. The number of aromatic amines is 1. The van der Waals surface area contributed by atoms with Crippen molar-refractivity contribution in [1.82, 2.24) is 20.3 Å². The maximum atomic E-state index is 12.5. The Bertz CT molecular complexity index is 885. The van der Waals surface area contributed by atoms with Crippen molar-refractivity contribution in [3.63, 3.8) is 0 Å². The molecule has 0 saturated heterocycles. The zero-order chi connectivity index (χ0) is 17.2. The highest BCUT2D eigenvalue weighted by Gasteiger charge is 2.28. The van der Waals surface area contributed by atoms with E-state index in [1.807, 2.05) is 18.2 Å². The second kappa shape index (κ2) is 6.43. The number of nitrogens with zero attached hydrogens (tertiary/aromatic N) is 3. The van der Waals surface area contributed by atoms with Crippen LogP contribution in [-0.2, 0) is 19.4 Å². The first kappa shape index (κ1) is 15.4. The predicted octanol–water partition coefficient (Wildman–Crippen LogP) is 2.90. The van der Waals surface area contributed by atoms with Crippen LogP contribution in [0.4, 0.5) is 11.5 Å². The molecule has 4 rings (SSSR count). The van der Waals surface area contributed by atoms with Crippen molar-refractivity contribution in [2.75, 3.05) is 11.9 Å². The Kier molecular flexibility index (Phi) is 3.97. The van der Waals surface area contributed by atoms with Crippen LogP contribution in [0.2, 0.25) is 0 Å². The number of carbonyl (C=O) groups excluding carboxylic acids is 1. The van der Waals surface area contributed by atoms with Crippen LogP contribution in [0.3, 0.4) is 0 Å². The van der Waals surface area contributed by atoms with Gasteiger partial charge < -0.3 is 14.7 Å². The smallest absolute Gasteiger partial charge is 0.272 e. The summed E-state index contributed by atoms with van der Waals surface area (Å²) in [4.78, 5) is 14.3. The molecule has 0 spiro atoms. The molecule has 0 bridgehead atoms. The number of anilines is 2. The van der Waals surface area contributed by atoms with E-state index < -0.39 is 0 Å². The summed E-state index contributed by atoms with van der Waals surface area (Å²) in [7, 11) is 0. The number of carbonyl (C=O) groups is 1. The second-order valence-corrected chi connectivity index (χ2v) is 6.02. The van der Waals surface area contributed by atoms with Crippen LogP contribution >= 0.6 is 0 Å². The van der Waals surface area contributed by atoms with E-state index >= 15 is 0 Å². The summed E-state index contributed by atoms with van der Waals surface area (Å²) in [6, 6.07) is 9.80. The molecule has 0 saturated carbocycles. The molecule has 0 atom stereocenters. The molecule has 0 aliphatic carbocycles. The number of nitrogens with one attached hydrogen (secondary N) is 2. The Morgan fingerprint density at radius 1 is 1.36 bits per heavy atom. The topological polar surface area (TPSA) is 87.1 Å². The van der Waals surface area contributed by atoms with E-state index in [0.717, 1.165) is 23.4 Å². The number of rotatable bonds is 4. The Balaban J connectivity index is 1.58. The number of para-hydroxylation sites is 1. The van der Waals surface area contributed by atoms with Crippen molar-refractivity contribution in [2.45, 2.75) is 26.3 Å². The highest BCUT2D eigenvalue weighted by molar-refractivity contribution is 5.92. The number of hydrogen-bond donors (Lipinski definition) is 2. The molecular formula is C18H19N5O2. The monoisotopic (exact) mass is 337 g/mol. The molecular weight excluding hydrogens is 318 g/mol. The molecule has 128 valence electrons. The maximum absolute atomic E-state index is 12.5. The number of aromatic nitrogens is 3. The fraction of sp³-hybridized carbons (Fsp3) is 0.278. The minimum atomic E-state index is -0.0655. The zero-order valence-electron chi connectivity index (χ0n) is 14.0. The fourth-order valence-corrected chi connectivity index (χ4v) is 3.10. The fourth-order valence-electron chi connectivity index (χ4n) is 3.10. The van der Waals surface area contributed by atoms with Gasteiger partial charge in [-0.2, -0.15) is 5.10 Å². The summed E-state index contributed by atoms with van der Waals surface area (Å²) in [6.07, 6.45) is 3.16. The first-order valence-corrected chi connectivity index (χ1v) is 8.37. The van der Waals surface area contributed by atoms with Crippen LogP contribution in [0.15, 0.2) is 41.1 Å². The molecule has 3 heterocycles. The molecule has 1 aliphatic heterocycles. The van der Waals surface area contributed by atoms with Crippen LogP contribution in [0.1, 0.15) is 34.3 Å². The predicted molar refractivity (Wildman–Crippen MR) is 92.6 cm³/mol. The standard InChI is InChI=1S/C18H19N5O2/c1-2-12-5-3-4-6-14(12)20-17-13-11-23(10-8-16(13)25-22-17)18(24)15-7-9-19-21-15/h3-7,9H,2,8,10-11H2,1H3,(H,19,21)(H,20,22). The van der Waals surface area contributed by atoms with Crippen molar-refractivity contribution in [2.24, 2.45) is 0 Å². The third kappa shape index (κ3) is 2.88. The van der Waals surface area contributed by atoms with Gasteiger partial charge in [0.25, 0.3) is 5.91 Å². The highest BCUT2D eigenvalue weighted by Crippen LogP contribution is 2.30. The Morgan fingerprint density at radius 2 is 2.24 bits per heavy atom. The van der Waals surface area contributed by atoms with Crippen molar-refractivity contribution < 1.29 is 9.32 Å². The summed E-state index contributed by atoms with van der Waals surface area (Å²) >= 11 is 0. The number of fused-ring (bicyclic) bond motifs is 1. The lowest BCUT2D eigenvalue weighted by Gasteiger charge is -2.25. The van der Waals surface area contributed by atoms with Crippen molar-refractivity contribution in [3.8, 4) is 0 Å². The van der Waals surface area contributed by atoms with Gasteiger partial charge in [0, 0.05) is 24.8 Å². The Morgan fingerprint density at radius 3 is 3.04 bits per heavy atom. The van der Waals surface area contributed by atoms with Crippen LogP contribution in [-0.4, -0.2) is 32.7 Å². The van der Waals surface area contributed by atoms with Crippen LogP contribution in [0, 0.1) is 0 Å². The van der Waals surface area contributed by atoms with Gasteiger partial charge in [0.05, 0.1) is 12.1 Å². The van der Waals surface area contributed by atoms with Crippen molar-refractivity contribution in [3.05, 3.63) is 59.1 Å². The van der Waals surface area contributed by atoms with E-state index in [4.69, 9.17) is 4.52 Å². The van der Waals surface area contributed by atoms with Crippen molar-refractivity contribution in [1.29, 1.82) is 0 Å². The van der Waals surface area contributed by atoms with E-state index in [-0.39, 0.29) is 5.91 Å². The summed E-state index contributed by atoms with van der Waals surface area (Å²) in [6.45, 7) is 3.18. The van der Waals surface area contributed by atoms with Gasteiger partial charge in [0.2, 0.25) is 0 Å². The summed E-state index contributed by atoms with van der Waals surface area (Å²) in [5.74, 6) is 1.45. The average molecular weight is 337 g/mol. The van der Waals surface area contributed by atoms with Gasteiger partial charge >= 0.3 is 0 Å². The lowest BCUT2D eigenvalue weighted by Crippen LogP contribution is -2.36. The quantitative estimate of drug-likeness (QED) is 0.764. The SMILES string of the molecule is CCc1ccccc1Nc1noc2c1CN(C(=O)c1ccn[nH]1)CC2. The van der Waals surface area contributed by atoms with E-state index in [1.54, 1.807) is 17.2 Å². The molecule has 7 heteroatoms. The van der Waals surface area contributed by atoms with Gasteiger partial charge in [-0.05, 0) is 24.1 Å². The van der Waals surface area contributed by atoms with Gasteiger partial charge in [-0.3, -0.25) is 9.89 Å². The van der Waals surface area contributed by atoms with Gasteiger partial charge in [0.1, 0.15) is 11.5 Å². The Hall–Kier alpha value is -3.09. The number of benzene rings is 1. The van der Waals surface area contributed by atoms with E-state index in [1.165, 1.54) is 5.56 Å². The minimum absolute atomic E-state index is 0.0655. The zero-order valence-corrected chi connectivity index (χ0v) is 14.0. The largest absolute Gasteiger partial charge is 0.359 e. The second-order valence-electron chi connectivity index (χ2n) is 6.02. The lowest BCUT2D eigenvalue weighted by atomic mass is 10.1. The third-order valence-electron chi connectivity index (χ3n) is 4.50. The molecule has 25 heavy (non-hydrogen) atoms. The minimum Gasteiger partial charge on any atom is -0.359 e. The van der Waals surface area contributed by atoms with Gasteiger partial charge in [-0.1, -0.05) is 30.3 Å². The Labute approximate surface area is 145 Å². The third-order valence-corrected chi connectivity index (χ3v) is 4.50. The molecule has 0 radical (unpaired) electrons. The summed E-state index contributed by atoms with van der Waals surface area (Å²) in [5, 5.41) is 14.1.